The monoisotopic (exact) mass is 371 g/mol. The number of carbonyl (C=O) groups excluding carboxylic acids is 1. The first-order chi connectivity index (χ1) is 12.4. The summed E-state index contributed by atoms with van der Waals surface area (Å²) in [6.07, 6.45) is 2.14. The number of amides is 1. The lowest BCUT2D eigenvalue weighted by atomic mass is 10.1. The molecule has 8 nitrogen and oxygen atoms in total. The van der Waals surface area contributed by atoms with Crippen molar-refractivity contribution in [1.29, 1.82) is 0 Å². The molecule has 1 N–H and O–H groups in total. The lowest BCUT2D eigenvalue weighted by Crippen LogP contribution is -2.36. The summed E-state index contributed by atoms with van der Waals surface area (Å²) in [5.74, 6) is -0.331. The molecule has 134 valence electrons. The zero-order chi connectivity index (χ0) is 18.3. The van der Waals surface area contributed by atoms with Crippen molar-refractivity contribution in [3.63, 3.8) is 0 Å². The first kappa shape index (κ1) is 16.6. The molecule has 1 aromatic carbocycles. The number of aromatic nitrogens is 4. The van der Waals surface area contributed by atoms with Crippen molar-refractivity contribution >= 4 is 26.6 Å². The number of benzene rings is 1. The van der Waals surface area contributed by atoms with Crippen LogP contribution in [-0.2, 0) is 9.84 Å². The third-order valence-corrected chi connectivity index (χ3v) is 6.30. The van der Waals surface area contributed by atoms with Crippen LogP contribution in [0.15, 0.2) is 36.5 Å². The molecule has 9 heteroatoms. The molecule has 0 bridgehead atoms. The topological polar surface area (TPSA) is 107 Å². The average molecular weight is 371 g/mol. The van der Waals surface area contributed by atoms with E-state index in [2.05, 4.69) is 20.6 Å². The summed E-state index contributed by atoms with van der Waals surface area (Å²) < 4.78 is 24.7. The van der Waals surface area contributed by atoms with Gasteiger partial charge in [0, 0.05) is 17.6 Å². The van der Waals surface area contributed by atoms with Crippen molar-refractivity contribution in [2.45, 2.75) is 19.4 Å². The van der Waals surface area contributed by atoms with E-state index >= 15 is 0 Å². The van der Waals surface area contributed by atoms with Crippen molar-refractivity contribution in [3.05, 3.63) is 47.9 Å². The summed E-state index contributed by atoms with van der Waals surface area (Å²) in [7, 11) is -3.06. The molecular formula is C17H17N5O3S. The Morgan fingerprint density at radius 2 is 2.12 bits per heavy atom. The Bertz CT molecular complexity index is 1100. The first-order valence-corrected chi connectivity index (χ1v) is 10.0. The van der Waals surface area contributed by atoms with Crippen LogP contribution in [0.25, 0.3) is 16.6 Å². The molecule has 1 atom stereocenters. The molecular weight excluding hydrogens is 354 g/mol. The van der Waals surface area contributed by atoms with Gasteiger partial charge in [0.05, 0.1) is 28.4 Å². The highest BCUT2D eigenvalue weighted by molar-refractivity contribution is 7.91. The van der Waals surface area contributed by atoms with Gasteiger partial charge in [0.25, 0.3) is 5.91 Å². The van der Waals surface area contributed by atoms with Crippen molar-refractivity contribution in [3.8, 4) is 5.69 Å². The number of nitrogens with one attached hydrogen (secondary N) is 1. The van der Waals surface area contributed by atoms with E-state index in [0.717, 1.165) is 16.6 Å². The largest absolute Gasteiger partial charge is 0.347 e. The molecule has 0 spiro atoms. The predicted octanol–water partition coefficient (Wildman–Crippen LogP) is 1.04. The summed E-state index contributed by atoms with van der Waals surface area (Å²) in [5, 5.41) is 11.8. The maximum absolute atomic E-state index is 12.5. The lowest BCUT2D eigenvalue weighted by molar-refractivity contribution is 0.0935. The van der Waals surface area contributed by atoms with Crippen LogP contribution in [0.3, 0.4) is 0 Å². The van der Waals surface area contributed by atoms with Gasteiger partial charge in [-0.2, -0.15) is 0 Å². The number of pyridine rings is 1. The van der Waals surface area contributed by atoms with Gasteiger partial charge in [0.2, 0.25) is 0 Å². The van der Waals surface area contributed by atoms with Crippen molar-refractivity contribution in [2.24, 2.45) is 0 Å². The van der Waals surface area contributed by atoms with Crippen LogP contribution < -0.4 is 5.32 Å². The minimum atomic E-state index is -3.06. The molecule has 3 aromatic rings. The van der Waals surface area contributed by atoms with Crippen LogP contribution in [0.5, 0.6) is 0 Å². The zero-order valence-electron chi connectivity index (χ0n) is 14.1. The molecule has 2 aromatic heterocycles. The molecule has 0 radical (unpaired) electrons. The number of sulfone groups is 1. The lowest BCUT2D eigenvalue weighted by Gasteiger charge is -2.10. The SMILES string of the molecule is Cc1c(C(=O)NC2CCS(=O)(=O)C2)nnn1-c1cccc2ncccc12. The van der Waals surface area contributed by atoms with Crippen LogP contribution in [0, 0.1) is 6.92 Å². The number of hydrogen-bond donors (Lipinski definition) is 1. The van der Waals surface area contributed by atoms with Gasteiger partial charge in [-0.25, -0.2) is 13.1 Å². The van der Waals surface area contributed by atoms with Crippen molar-refractivity contribution in [2.75, 3.05) is 11.5 Å². The molecule has 1 unspecified atom stereocenters. The summed E-state index contributed by atoms with van der Waals surface area (Å²) >= 11 is 0. The van der Waals surface area contributed by atoms with Crippen LogP contribution >= 0.6 is 0 Å². The Morgan fingerprint density at radius 1 is 1.27 bits per heavy atom. The van der Waals surface area contributed by atoms with Gasteiger partial charge in [0.1, 0.15) is 0 Å². The molecule has 4 rings (SSSR count). The summed E-state index contributed by atoms with van der Waals surface area (Å²) in [5.41, 5.74) is 2.38. The molecule has 0 saturated carbocycles. The molecule has 0 aliphatic carbocycles. The number of hydrogen-bond acceptors (Lipinski definition) is 6. The molecule has 1 fully saturated rings. The van der Waals surface area contributed by atoms with Gasteiger partial charge in [-0.1, -0.05) is 11.3 Å². The third kappa shape index (κ3) is 2.94. The Labute approximate surface area is 150 Å². The number of carbonyl (C=O) groups is 1. The number of nitrogens with zero attached hydrogens (tertiary/aromatic N) is 4. The maximum Gasteiger partial charge on any atom is 0.274 e. The van der Waals surface area contributed by atoms with E-state index in [0.29, 0.717) is 12.1 Å². The van der Waals surface area contributed by atoms with Gasteiger partial charge in [-0.15, -0.1) is 5.10 Å². The fourth-order valence-corrected chi connectivity index (χ4v) is 4.88. The van der Waals surface area contributed by atoms with Gasteiger partial charge in [-0.3, -0.25) is 9.78 Å². The third-order valence-electron chi connectivity index (χ3n) is 4.53. The summed E-state index contributed by atoms with van der Waals surface area (Å²) in [6, 6.07) is 9.05. The van der Waals surface area contributed by atoms with E-state index in [1.165, 1.54) is 0 Å². The molecule has 1 amide bonds. The van der Waals surface area contributed by atoms with Gasteiger partial charge >= 0.3 is 0 Å². The van der Waals surface area contributed by atoms with Crippen LogP contribution in [0.2, 0.25) is 0 Å². The Kier molecular flexibility index (Phi) is 3.95. The summed E-state index contributed by atoms with van der Waals surface area (Å²) in [6.45, 7) is 1.76. The molecule has 1 aliphatic heterocycles. The second kappa shape index (κ2) is 6.17. The van der Waals surface area contributed by atoms with Gasteiger partial charge in [0.15, 0.2) is 15.5 Å². The predicted molar refractivity (Wildman–Crippen MR) is 95.9 cm³/mol. The second-order valence-electron chi connectivity index (χ2n) is 6.36. The fourth-order valence-electron chi connectivity index (χ4n) is 3.20. The maximum atomic E-state index is 12.5. The minimum Gasteiger partial charge on any atom is -0.347 e. The Hall–Kier alpha value is -2.81. The van der Waals surface area contributed by atoms with Crippen LogP contribution in [-0.4, -0.2) is 51.9 Å². The van der Waals surface area contributed by atoms with Crippen molar-refractivity contribution in [1.82, 2.24) is 25.3 Å². The average Bonchev–Trinajstić information content (AvgIpc) is 3.16. The van der Waals surface area contributed by atoms with E-state index in [1.54, 1.807) is 17.8 Å². The first-order valence-electron chi connectivity index (χ1n) is 8.22. The van der Waals surface area contributed by atoms with E-state index in [4.69, 9.17) is 0 Å². The molecule has 1 aliphatic rings. The van der Waals surface area contributed by atoms with E-state index in [-0.39, 0.29) is 23.2 Å². The van der Waals surface area contributed by atoms with E-state index in [9.17, 15) is 13.2 Å². The van der Waals surface area contributed by atoms with E-state index in [1.807, 2.05) is 30.3 Å². The van der Waals surface area contributed by atoms with Crippen LogP contribution in [0.4, 0.5) is 0 Å². The molecule has 1 saturated heterocycles. The standard InChI is InChI=1S/C17H17N5O3S/c1-11-16(17(23)19-12-7-9-26(24,25)10-12)20-21-22(11)15-6-2-5-14-13(15)4-3-8-18-14/h2-6,8,12H,7,9-10H2,1H3,(H,19,23). The van der Waals surface area contributed by atoms with Gasteiger partial charge < -0.3 is 5.32 Å². The Morgan fingerprint density at radius 3 is 2.88 bits per heavy atom. The number of rotatable bonds is 3. The molecule has 3 heterocycles. The molecule has 26 heavy (non-hydrogen) atoms. The van der Waals surface area contributed by atoms with Gasteiger partial charge in [-0.05, 0) is 37.6 Å². The normalized spacial score (nSPS) is 18.9. The highest BCUT2D eigenvalue weighted by atomic mass is 32.2. The Balaban J connectivity index is 1.65. The van der Waals surface area contributed by atoms with E-state index < -0.39 is 15.7 Å². The number of fused-ring (bicyclic) bond motifs is 1. The highest BCUT2D eigenvalue weighted by Gasteiger charge is 2.30. The van der Waals surface area contributed by atoms with Crippen LogP contribution in [0.1, 0.15) is 22.6 Å². The quantitative estimate of drug-likeness (QED) is 0.737. The highest BCUT2D eigenvalue weighted by Crippen LogP contribution is 2.22. The van der Waals surface area contributed by atoms with Crippen molar-refractivity contribution < 1.29 is 13.2 Å². The fraction of sp³-hybridized carbons (Fsp3) is 0.294. The second-order valence-corrected chi connectivity index (χ2v) is 8.58. The summed E-state index contributed by atoms with van der Waals surface area (Å²) in [4.78, 5) is 16.8. The minimum absolute atomic E-state index is 0.0269. The zero-order valence-corrected chi connectivity index (χ0v) is 14.9. The smallest absolute Gasteiger partial charge is 0.274 e.